The Hall–Kier alpha value is -0.650. The number of rotatable bonds is 8. The molecule has 1 saturated heterocycles. The summed E-state index contributed by atoms with van der Waals surface area (Å²) < 4.78 is 5.52. The molecule has 3 aliphatic rings. The number of piperidine rings is 1. The normalized spacial score (nSPS) is 32.3. The van der Waals surface area contributed by atoms with Gasteiger partial charge in [-0.1, -0.05) is 13.3 Å². The number of hydrogen-bond acceptors (Lipinski definition) is 4. The molecule has 1 heterocycles. The zero-order chi connectivity index (χ0) is 16.5. The molecule has 2 saturated carbocycles. The highest BCUT2D eigenvalue weighted by molar-refractivity contribution is 5.76. The average Bonchev–Trinajstić information content (AvgIpc) is 3.19. The maximum absolute atomic E-state index is 11.6. The van der Waals surface area contributed by atoms with Gasteiger partial charge in [0.1, 0.15) is 0 Å². The number of carboxylic acids is 1. The van der Waals surface area contributed by atoms with E-state index in [2.05, 4.69) is 17.1 Å². The van der Waals surface area contributed by atoms with Gasteiger partial charge in [0.15, 0.2) is 0 Å². The van der Waals surface area contributed by atoms with Gasteiger partial charge in [0.25, 0.3) is 0 Å². The summed E-state index contributed by atoms with van der Waals surface area (Å²) >= 11 is 0. The second kappa shape index (κ2) is 6.69. The van der Waals surface area contributed by atoms with Gasteiger partial charge in [-0.15, -0.1) is 0 Å². The first-order chi connectivity index (χ1) is 11.0. The van der Waals surface area contributed by atoms with Gasteiger partial charge in [-0.25, -0.2) is 0 Å². The van der Waals surface area contributed by atoms with Gasteiger partial charge < -0.3 is 20.1 Å². The van der Waals surface area contributed by atoms with E-state index in [1.807, 2.05) is 0 Å². The first-order valence-corrected chi connectivity index (χ1v) is 9.17. The largest absolute Gasteiger partial charge is 0.481 e. The standard InChI is InChI=1S/C18H32N2O3/c1-14-10-15(14)19-11-17(13-23-2)6-8-20(9-7-17)12-18(16(21)22)4-3-5-18/h14-15,19H,3-13H2,1-2H3,(H,21,22)/t14-,15-/m1/s1. The van der Waals surface area contributed by atoms with Crippen molar-refractivity contribution in [2.45, 2.75) is 51.5 Å². The van der Waals surface area contributed by atoms with E-state index in [0.717, 1.165) is 70.8 Å². The van der Waals surface area contributed by atoms with Crippen LogP contribution in [0.15, 0.2) is 0 Å². The molecule has 2 N–H and O–H groups in total. The van der Waals surface area contributed by atoms with Crippen LogP contribution in [0.25, 0.3) is 0 Å². The molecule has 0 aromatic heterocycles. The fourth-order valence-corrected chi connectivity index (χ4v) is 4.29. The molecule has 2 atom stereocenters. The second-order valence-corrected chi connectivity index (χ2v) is 8.35. The molecule has 2 aliphatic carbocycles. The number of likely N-dealkylation sites (tertiary alicyclic amines) is 1. The third kappa shape index (κ3) is 3.72. The van der Waals surface area contributed by atoms with Gasteiger partial charge in [-0.3, -0.25) is 4.79 Å². The summed E-state index contributed by atoms with van der Waals surface area (Å²) in [6, 6.07) is 0.701. The molecule has 23 heavy (non-hydrogen) atoms. The topological polar surface area (TPSA) is 61.8 Å². The Morgan fingerprint density at radius 3 is 2.39 bits per heavy atom. The molecule has 0 bridgehead atoms. The van der Waals surface area contributed by atoms with Crippen LogP contribution in [-0.2, 0) is 9.53 Å². The van der Waals surface area contributed by atoms with Gasteiger partial charge in [0, 0.05) is 31.7 Å². The molecule has 0 unspecified atom stereocenters. The van der Waals surface area contributed by atoms with E-state index < -0.39 is 11.4 Å². The fraction of sp³-hybridized carbons (Fsp3) is 0.944. The van der Waals surface area contributed by atoms with Crippen LogP contribution in [0, 0.1) is 16.7 Å². The van der Waals surface area contributed by atoms with Crippen molar-refractivity contribution in [1.82, 2.24) is 10.2 Å². The van der Waals surface area contributed by atoms with E-state index in [4.69, 9.17) is 4.74 Å². The van der Waals surface area contributed by atoms with Crippen molar-refractivity contribution < 1.29 is 14.6 Å². The number of carboxylic acid groups (broad SMARTS) is 1. The number of aliphatic carboxylic acids is 1. The van der Waals surface area contributed by atoms with E-state index in [9.17, 15) is 9.90 Å². The zero-order valence-corrected chi connectivity index (χ0v) is 14.6. The minimum atomic E-state index is -0.595. The van der Waals surface area contributed by atoms with Gasteiger partial charge >= 0.3 is 5.97 Å². The minimum Gasteiger partial charge on any atom is -0.481 e. The van der Waals surface area contributed by atoms with Crippen LogP contribution in [0.5, 0.6) is 0 Å². The number of methoxy groups -OCH3 is 1. The molecule has 3 rings (SSSR count). The summed E-state index contributed by atoms with van der Waals surface area (Å²) in [5.74, 6) is 0.227. The average molecular weight is 324 g/mol. The Morgan fingerprint density at radius 2 is 1.96 bits per heavy atom. The van der Waals surface area contributed by atoms with E-state index in [0.29, 0.717) is 6.04 Å². The molecule has 0 spiro atoms. The summed E-state index contributed by atoms with van der Waals surface area (Å²) in [4.78, 5) is 13.9. The Balaban J connectivity index is 1.51. The third-order valence-electron chi connectivity index (χ3n) is 6.51. The Kier molecular flexibility index (Phi) is 5.00. The smallest absolute Gasteiger partial charge is 0.310 e. The van der Waals surface area contributed by atoms with E-state index in [-0.39, 0.29) is 5.41 Å². The lowest BCUT2D eigenvalue weighted by Gasteiger charge is -2.46. The number of ether oxygens (including phenoxy) is 1. The van der Waals surface area contributed by atoms with Crippen LogP contribution >= 0.6 is 0 Å². The number of nitrogens with one attached hydrogen (secondary N) is 1. The van der Waals surface area contributed by atoms with Crippen LogP contribution in [0.1, 0.15) is 45.4 Å². The molecule has 132 valence electrons. The van der Waals surface area contributed by atoms with E-state index >= 15 is 0 Å². The number of carbonyl (C=O) groups is 1. The predicted molar refractivity (Wildman–Crippen MR) is 89.5 cm³/mol. The van der Waals surface area contributed by atoms with Gasteiger partial charge in [-0.2, -0.15) is 0 Å². The van der Waals surface area contributed by atoms with Crippen molar-refractivity contribution >= 4 is 5.97 Å². The first-order valence-electron chi connectivity index (χ1n) is 9.17. The van der Waals surface area contributed by atoms with Crippen molar-refractivity contribution in [2.24, 2.45) is 16.7 Å². The highest BCUT2D eigenvalue weighted by Gasteiger charge is 2.47. The summed E-state index contributed by atoms with van der Waals surface area (Å²) in [5.41, 5.74) is -0.230. The van der Waals surface area contributed by atoms with Crippen molar-refractivity contribution in [3.05, 3.63) is 0 Å². The fourth-order valence-electron chi connectivity index (χ4n) is 4.29. The summed E-state index contributed by atoms with van der Waals surface area (Å²) in [5, 5.41) is 13.2. The molecule has 0 aromatic rings. The number of hydrogen-bond donors (Lipinski definition) is 2. The monoisotopic (exact) mass is 324 g/mol. The van der Waals surface area contributed by atoms with Crippen molar-refractivity contribution in [3.8, 4) is 0 Å². The SMILES string of the molecule is COCC1(CN[C@@H]2C[C@H]2C)CCN(CC2(C(=O)O)CCC2)CC1. The van der Waals surface area contributed by atoms with Crippen LogP contribution in [0.2, 0.25) is 0 Å². The molecular weight excluding hydrogens is 292 g/mol. The van der Waals surface area contributed by atoms with Crippen LogP contribution in [0.3, 0.4) is 0 Å². The predicted octanol–water partition coefficient (Wildman–Crippen LogP) is 1.97. The second-order valence-electron chi connectivity index (χ2n) is 8.35. The summed E-state index contributed by atoms with van der Waals surface area (Å²) in [6.45, 7) is 6.87. The molecule has 1 aliphatic heterocycles. The zero-order valence-electron chi connectivity index (χ0n) is 14.6. The maximum Gasteiger partial charge on any atom is 0.310 e. The van der Waals surface area contributed by atoms with Gasteiger partial charge in [0.05, 0.1) is 12.0 Å². The highest BCUT2D eigenvalue weighted by Crippen LogP contribution is 2.43. The molecule has 0 aromatic carbocycles. The van der Waals surface area contributed by atoms with E-state index in [1.54, 1.807) is 7.11 Å². The molecule has 5 heteroatoms. The Morgan fingerprint density at radius 1 is 1.30 bits per heavy atom. The molecule has 0 radical (unpaired) electrons. The minimum absolute atomic E-state index is 0.226. The van der Waals surface area contributed by atoms with Crippen molar-refractivity contribution in [1.29, 1.82) is 0 Å². The molecular formula is C18H32N2O3. The summed E-state index contributed by atoms with van der Waals surface area (Å²) in [7, 11) is 1.79. The Labute approximate surface area is 139 Å². The highest BCUT2D eigenvalue weighted by atomic mass is 16.5. The van der Waals surface area contributed by atoms with Crippen molar-refractivity contribution in [3.63, 3.8) is 0 Å². The van der Waals surface area contributed by atoms with Gasteiger partial charge in [0.2, 0.25) is 0 Å². The van der Waals surface area contributed by atoms with Crippen LogP contribution < -0.4 is 5.32 Å². The number of nitrogens with zero attached hydrogens (tertiary/aromatic N) is 1. The maximum atomic E-state index is 11.6. The summed E-state index contributed by atoms with van der Waals surface area (Å²) in [6.07, 6.45) is 6.27. The van der Waals surface area contributed by atoms with E-state index in [1.165, 1.54) is 6.42 Å². The quantitative estimate of drug-likeness (QED) is 0.715. The Bertz CT molecular complexity index is 428. The molecule has 5 nitrogen and oxygen atoms in total. The lowest BCUT2D eigenvalue weighted by molar-refractivity contribution is -0.157. The first kappa shape index (κ1) is 17.2. The van der Waals surface area contributed by atoms with Gasteiger partial charge in [-0.05, 0) is 51.1 Å². The lowest BCUT2D eigenvalue weighted by Crippen LogP contribution is -2.53. The molecule has 0 amide bonds. The van der Waals surface area contributed by atoms with Crippen LogP contribution in [-0.4, -0.2) is 61.9 Å². The van der Waals surface area contributed by atoms with Crippen molar-refractivity contribution in [2.75, 3.05) is 39.9 Å². The third-order valence-corrected chi connectivity index (χ3v) is 6.51. The van der Waals surface area contributed by atoms with Crippen LogP contribution in [0.4, 0.5) is 0 Å². The lowest BCUT2D eigenvalue weighted by atomic mass is 9.68. The molecule has 3 fully saturated rings.